The Bertz CT molecular complexity index is 929. The molecule has 1 amide bonds. The highest BCUT2D eigenvalue weighted by Gasteiger charge is 2.46. The van der Waals surface area contributed by atoms with Crippen molar-refractivity contribution < 1.29 is 14.3 Å². The molecule has 1 unspecified atom stereocenters. The number of hydrogen-bond donors (Lipinski definition) is 1. The molecular weight excluding hydrogens is 412 g/mol. The van der Waals surface area contributed by atoms with Gasteiger partial charge in [0.05, 0.1) is 5.54 Å². The predicted molar refractivity (Wildman–Crippen MR) is 130 cm³/mol. The second-order valence-corrected chi connectivity index (χ2v) is 9.99. The van der Waals surface area contributed by atoms with Crippen LogP contribution in [0, 0.1) is 5.92 Å². The highest BCUT2D eigenvalue weighted by atomic mass is 16.6. The molecule has 1 aliphatic carbocycles. The lowest BCUT2D eigenvalue weighted by Gasteiger charge is -2.29. The zero-order chi connectivity index (χ0) is 22.7. The molecule has 3 aliphatic heterocycles. The molecule has 1 N–H and O–H groups in total. The zero-order valence-corrected chi connectivity index (χ0v) is 19.7. The van der Waals surface area contributed by atoms with Gasteiger partial charge in [0.1, 0.15) is 6.10 Å². The van der Waals surface area contributed by atoms with E-state index in [9.17, 15) is 4.79 Å². The van der Waals surface area contributed by atoms with Gasteiger partial charge in [-0.25, -0.2) is 4.79 Å². The lowest BCUT2D eigenvalue weighted by Crippen LogP contribution is -2.39. The highest BCUT2D eigenvalue weighted by Crippen LogP contribution is 2.46. The van der Waals surface area contributed by atoms with E-state index in [0.717, 1.165) is 71.2 Å². The van der Waals surface area contributed by atoms with Crippen LogP contribution in [0.15, 0.2) is 48.5 Å². The Morgan fingerprint density at radius 2 is 1.61 bits per heavy atom. The van der Waals surface area contributed by atoms with Crippen molar-refractivity contribution in [3.63, 3.8) is 0 Å². The average Bonchev–Trinajstić information content (AvgIpc) is 3.67. The monoisotopic (exact) mass is 448 g/mol. The Kier molecular flexibility index (Phi) is 6.70. The molecule has 2 bridgehead atoms. The molecule has 176 valence electrons. The molecule has 2 aromatic rings. The first-order valence-corrected chi connectivity index (χ1v) is 12.6. The minimum absolute atomic E-state index is 0.0631. The number of benzene rings is 2. The molecule has 6 rings (SSSR count). The number of hydrogen-bond acceptors (Lipinski definition) is 4. The van der Waals surface area contributed by atoms with Crippen molar-refractivity contribution in [1.82, 2.24) is 10.2 Å². The molecule has 0 aromatic heterocycles. The second-order valence-electron chi connectivity index (χ2n) is 9.99. The van der Waals surface area contributed by atoms with Gasteiger partial charge >= 0.3 is 6.09 Å². The number of methoxy groups -OCH3 is 1. The average molecular weight is 449 g/mol. The van der Waals surface area contributed by atoms with Crippen LogP contribution in [-0.2, 0) is 21.4 Å². The van der Waals surface area contributed by atoms with E-state index in [-0.39, 0.29) is 17.7 Å². The van der Waals surface area contributed by atoms with E-state index in [1.54, 1.807) is 7.11 Å². The second kappa shape index (κ2) is 9.86. The number of amides is 1. The van der Waals surface area contributed by atoms with Gasteiger partial charge in [-0.2, -0.15) is 0 Å². The molecule has 1 atom stereocenters. The summed E-state index contributed by atoms with van der Waals surface area (Å²) in [5.41, 5.74) is 4.67. The standard InChI is InChI=1S/C28H36N2O3/c1-32-20-2-3-21-4-6-22(7-5-21)23-8-10-25(11-9-23)28(15-16-28)29-27(31)33-26-14-19-30-17-12-24(26)13-18-30/h4-11,24,26H,2-3,12-20H2,1H3,(H,29,31). The number of carbonyl (C=O) groups is 1. The van der Waals surface area contributed by atoms with Gasteiger partial charge in [0.15, 0.2) is 0 Å². The van der Waals surface area contributed by atoms with Crippen molar-refractivity contribution in [3.05, 3.63) is 59.7 Å². The van der Waals surface area contributed by atoms with Crippen LogP contribution in [0.2, 0.25) is 0 Å². The molecule has 4 fully saturated rings. The molecule has 4 aliphatic rings. The smallest absolute Gasteiger partial charge is 0.408 e. The third-order valence-electron chi connectivity index (χ3n) is 7.78. The SMILES string of the molecule is COCCCc1ccc(-c2ccc(C3(NC(=O)OC4CCN5CCC4CC5)CC3)cc2)cc1. The van der Waals surface area contributed by atoms with Crippen LogP contribution in [0.3, 0.4) is 0 Å². The van der Waals surface area contributed by atoms with Gasteiger partial charge in [0.25, 0.3) is 0 Å². The van der Waals surface area contributed by atoms with Crippen molar-refractivity contribution in [3.8, 4) is 11.1 Å². The quantitative estimate of drug-likeness (QED) is 0.569. The van der Waals surface area contributed by atoms with Crippen LogP contribution in [-0.4, -0.2) is 50.4 Å². The van der Waals surface area contributed by atoms with Gasteiger partial charge in [-0.1, -0.05) is 48.5 Å². The molecule has 3 heterocycles. The van der Waals surface area contributed by atoms with E-state index in [4.69, 9.17) is 9.47 Å². The topological polar surface area (TPSA) is 50.8 Å². The van der Waals surface area contributed by atoms with E-state index in [1.165, 1.54) is 22.3 Å². The highest BCUT2D eigenvalue weighted by molar-refractivity contribution is 5.70. The van der Waals surface area contributed by atoms with Gasteiger partial charge in [-0.15, -0.1) is 0 Å². The molecule has 5 nitrogen and oxygen atoms in total. The van der Waals surface area contributed by atoms with Crippen molar-refractivity contribution in [2.45, 2.75) is 56.6 Å². The van der Waals surface area contributed by atoms with Gasteiger partial charge in [-0.05, 0) is 86.2 Å². The maximum absolute atomic E-state index is 12.8. The minimum Gasteiger partial charge on any atom is -0.446 e. The van der Waals surface area contributed by atoms with E-state index in [2.05, 4.69) is 58.7 Å². The summed E-state index contributed by atoms with van der Waals surface area (Å²) >= 11 is 0. The summed E-state index contributed by atoms with van der Waals surface area (Å²) < 4.78 is 11.1. The molecule has 33 heavy (non-hydrogen) atoms. The Morgan fingerprint density at radius 1 is 0.970 bits per heavy atom. The molecule has 3 saturated heterocycles. The molecule has 0 radical (unpaired) electrons. The van der Waals surface area contributed by atoms with E-state index < -0.39 is 0 Å². The summed E-state index contributed by atoms with van der Waals surface area (Å²) in [5.74, 6) is 0.523. The zero-order valence-electron chi connectivity index (χ0n) is 19.7. The normalized spacial score (nSPS) is 25.3. The molecule has 0 spiro atoms. The first kappa shape index (κ1) is 22.4. The van der Waals surface area contributed by atoms with Crippen LogP contribution in [0.1, 0.15) is 49.7 Å². The fraction of sp³-hybridized carbons (Fsp3) is 0.536. The number of nitrogens with zero attached hydrogens (tertiary/aromatic N) is 1. The number of piperidine rings is 1. The maximum Gasteiger partial charge on any atom is 0.408 e. The Labute approximate surface area is 197 Å². The number of aryl methyl sites for hydroxylation is 1. The van der Waals surface area contributed by atoms with Crippen LogP contribution in [0.5, 0.6) is 0 Å². The molecule has 1 saturated carbocycles. The summed E-state index contributed by atoms with van der Waals surface area (Å²) in [6, 6.07) is 17.5. The van der Waals surface area contributed by atoms with E-state index in [1.807, 2.05) is 0 Å². The fourth-order valence-corrected chi connectivity index (χ4v) is 5.49. The largest absolute Gasteiger partial charge is 0.446 e. The Hall–Kier alpha value is -2.37. The minimum atomic E-state index is -0.257. The number of alkyl carbamates (subject to hydrolysis) is 1. The van der Waals surface area contributed by atoms with Crippen LogP contribution in [0.4, 0.5) is 4.79 Å². The molecule has 2 aromatic carbocycles. The van der Waals surface area contributed by atoms with Crippen LogP contribution in [0.25, 0.3) is 11.1 Å². The first-order chi connectivity index (χ1) is 16.1. The van der Waals surface area contributed by atoms with Gasteiger partial charge in [0, 0.05) is 20.3 Å². The Balaban J connectivity index is 1.18. The number of ether oxygens (including phenoxy) is 2. The van der Waals surface area contributed by atoms with Gasteiger partial charge in [-0.3, -0.25) is 0 Å². The first-order valence-electron chi connectivity index (χ1n) is 12.6. The third kappa shape index (κ3) is 5.25. The van der Waals surface area contributed by atoms with Crippen LogP contribution >= 0.6 is 0 Å². The lowest BCUT2D eigenvalue weighted by molar-refractivity contribution is 0.0537. The third-order valence-corrected chi connectivity index (χ3v) is 7.78. The maximum atomic E-state index is 12.8. The van der Waals surface area contributed by atoms with E-state index in [0.29, 0.717) is 5.92 Å². The summed E-state index contributed by atoms with van der Waals surface area (Å²) in [6.07, 6.45) is 7.11. The fourth-order valence-electron chi connectivity index (χ4n) is 5.49. The number of rotatable bonds is 8. The number of fused-ring (bicyclic) bond motifs is 4. The molecular formula is C28H36N2O3. The van der Waals surface area contributed by atoms with Crippen molar-refractivity contribution >= 4 is 6.09 Å². The lowest BCUT2D eigenvalue weighted by atomic mass is 9.93. The summed E-state index contributed by atoms with van der Waals surface area (Å²) in [7, 11) is 1.75. The Morgan fingerprint density at radius 3 is 2.24 bits per heavy atom. The van der Waals surface area contributed by atoms with E-state index >= 15 is 0 Å². The van der Waals surface area contributed by atoms with Crippen molar-refractivity contribution in [2.75, 3.05) is 33.4 Å². The van der Waals surface area contributed by atoms with Crippen molar-refractivity contribution in [2.24, 2.45) is 5.92 Å². The van der Waals surface area contributed by atoms with Gasteiger partial charge in [0.2, 0.25) is 0 Å². The predicted octanol–water partition coefficient (Wildman–Crippen LogP) is 5.13. The summed E-state index contributed by atoms with van der Waals surface area (Å²) in [4.78, 5) is 15.3. The number of carbonyl (C=O) groups excluding carboxylic acids is 1. The van der Waals surface area contributed by atoms with Crippen molar-refractivity contribution in [1.29, 1.82) is 0 Å². The van der Waals surface area contributed by atoms with Crippen LogP contribution < -0.4 is 5.32 Å². The summed E-state index contributed by atoms with van der Waals surface area (Å²) in [5, 5.41) is 3.22. The molecule has 5 heteroatoms. The number of nitrogens with one attached hydrogen (secondary N) is 1. The summed E-state index contributed by atoms with van der Waals surface area (Å²) in [6.45, 7) is 4.15. The van der Waals surface area contributed by atoms with Gasteiger partial charge < -0.3 is 19.7 Å².